The number of furan rings is 1. The lowest BCUT2D eigenvalue weighted by Crippen LogP contribution is -2.41. The molecule has 0 radical (unpaired) electrons. The van der Waals surface area contributed by atoms with E-state index in [9.17, 15) is 18.0 Å². The topological polar surface area (TPSA) is 86.2 Å². The molecule has 148 valence electrons. The van der Waals surface area contributed by atoms with Crippen LogP contribution >= 0.6 is 0 Å². The highest BCUT2D eigenvalue weighted by Crippen LogP contribution is 2.44. The first-order valence-corrected chi connectivity index (χ1v) is 8.99. The number of aromatic nitrogens is 4. The lowest BCUT2D eigenvalue weighted by atomic mass is 9.73. The van der Waals surface area contributed by atoms with Gasteiger partial charge in [-0.15, -0.1) is 5.10 Å². The molecular weight excluding hydrogens is 387 g/mol. The number of rotatable bonds is 2. The second kappa shape index (κ2) is 6.36. The van der Waals surface area contributed by atoms with Gasteiger partial charge in [0.1, 0.15) is 11.5 Å². The number of fused-ring (bicyclic) bond motifs is 2. The van der Waals surface area contributed by atoms with E-state index in [1.807, 2.05) is 0 Å². The lowest BCUT2D eigenvalue weighted by Gasteiger charge is -2.36. The molecule has 2 aliphatic rings. The smallest absolute Gasteiger partial charge is 0.453 e. The Bertz CT molecular complexity index is 1090. The van der Waals surface area contributed by atoms with Crippen LogP contribution < -0.4 is 0 Å². The molecule has 10 heteroatoms. The number of hydrogen-bond donors (Lipinski definition) is 0. The molecule has 7 nitrogen and oxygen atoms in total. The molecule has 4 heterocycles. The van der Waals surface area contributed by atoms with Gasteiger partial charge in [0.2, 0.25) is 5.95 Å². The van der Waals surface area contributed by atoms with Crippen LogP contribution in [0.25, 0.3) is 0 Å². The monoisotopic (exact) mass is 401 g/mol. The van der Waals surface area contributed by atoms with Gasteiger partial charge in [-0.05, 0) is 30.2 Å². The molecule has 3 unspecified atom stereocenters. The fourth-order valence-corrected chi connectivity index (χ4v) is 4.06. The van der Waals surface area contributed by atoms with Crippen LogP contribution in [0.15, 0.2) is 52.3 Å². The summed E-state index contributed by atoms with van der Waals surface area (Å²) in [6.45, 7) is 0. The Kier molecular flexibility index (Phi) is 3.90. The average Bonchev–Trinajstić information content (AvgIpc) is 3.36. The maximum absolute atomic E-state index is 13.2. The van der Waals surface area contributed by atoms with Crippen LogP contribution in [0.5, 0.6) is 0 Å². The van der Waals surface area contributed by atoms with Crippen LogP contribution in [-0.4, -0.2) is 31.2 Å². The second-order valence-corrected chi connectivity index (χ2v) is 7.08. The highest BCUT2D eigenvalue weighted by molar-refractivity contribution is 6.10. The van der Waals surface area contributed by atoms with E-state index in [-0.39, 0.29) is 24.1 Å². The summed E-state index contributed by atoms with van der Waals surface area (Å²) < 4.78 is 46.2. The third kappa shape index (κ3) is 2.95. The van der Waals surface area contributed by atoms with Gasteiger partial charge >= 0.3 is 6.18 Å². The summed E-state index contributed by atoms with van der Waals surface area (Å²) >= 11 is 0. The van der Waals surface area contributed by atoms with Crippen molar-refractivity contribution in [2.75, 3.05) is 0 Å². The zero-order chi connectivity index (χ0) is 20.2. The van der Waals surface area contributed by atoms with E-state index in [1.54, 1.807) is 30.5 Å². The first-order chi connectivity index (χ1) is 13.9. The van der Waals surface area contributed by atoms with E-state index in [4.69, 9.17) is 4.42 Å². The minimum Gasteiger partial charge on any atom is -0.469 e. The number of Topliss-reactive ketones (excluding diaryl/α,β-unsaturated/α-hetero) is 1. The number of pyridine rings is 1. The fourth-order valence-electron chi connectivity index (χ4n) is 4.06. The number of hydrogen-bond acceptors (Lipinski definition) is 6. The lowest BCUT2D eigenvalue weighted by molar-refractivity contribution is -0.145. The molecule has 3 atom stereocenters. The molecule has 29 heavy (non-hydrogen) atoms. The summed E-state index contributed by atoms with van der Waals surface area (Å²) in [5.41, 5.74) is 1.07. The Morgan fingerprint density at radius 2 is 2.03 bits per heavy atom. The summed E-state index contributed by atoms with van der Waals surface area (Å²) in [5, 5.41) is 3.65. The van der Waals surface area contributed by atoms with E-state index < -0.39 is 24.0 Å². The van der Waals surface area contributed by atoms with Crippen molar-refractivity contribution in [3.8, 4) is 0 Å². The van der Waals surface area contributed by atoms with Gasteiger partial charge in [-0.1, -0.05) is 6.07 Å². The maximum Gasteiger partial charge on any atom is 0.453 e. The zero-order valence-electron chi connectivity index (χ0n) is 14.9. The molecule has 3 aromatic rings. The first kappa shape index (κ1) is 17.8. The van der Waals surface area contributed by atoms with Crippen LogP contribution in [0.4, 0.5) is 19.1 Å². The Morgan fingerprint density at radius 3 is 2.72 bits per heavy atom. The molecular formula is C19H14F3N5O2. The standard InChI is InChI=1S/C19H14F3N5O2/c20-19(21,22)17-25-18-24-12-7-11(14-4-2-6-29-14)8-13(28)15(12)16(27(18)26-17)10-3-1-5-23-9-10/h1-6,9,11,15-16H,7-8H2. The van der Waals surface area contributed by atoms with Crippen molar-refractivity contribution >= 4 is 17.4 Å². The van der Waals surface area contributed by atoms with Crippen molar-refractivity contribution in [2.45, 2.75) is 31.0 Å². The molecule has 0 N–H and O–H groups in total. The van der Waals surface area contributed by atoms with Gasteiger partial charge in [-0.25, -0.2) is 9.67 Å². The summed E-state index contributed by atoms with van der Waals surface area (Å²) in [5.74, 6) is -1.84. The zero-order valence-corrected chi connectivity index (χ0v) is 14.9. The van der Waals surface area contributed by atoms with Crippen molar-refractivity contribution in [1.82, 2.24) is 19.7 Å². The van der Waals surface area contributed by atoms with Crippen molar-refractivity contribution < 1.29 is 22.4 Å². The number of carbonyl (C=O) groups excluding carboxylic acids is 1. The molecule has 1 saturated carbocycles. The van der Waals surface area contributed by atoms with E-state index in [0.717, 1.165) is 4.68 Å². The highest BCUT2D eigenvalue weighted by atomic mass is 19.4. The summed E-state index contributed by atoms with van der Waals surface area (Å²) in [6, 6.07) is 6.12. The van der Waals surface area contributed by atoms with Crippen LogP contribution in [0.3, 0.4) is 0 Å². The van der Waals surface area contributed by atoms with Crippen molar-refractivity contribution in [3.63, 3.8) is 0 Å². The van der Waals surface area contributed by atoms with Crippen LogP contribution in [0, 0.1) is 5.92 Å². The second-order valence-electron chi connectivity index (χ2n) is 7.08. The number of alkyl halides is 3. The number of aliphatic imine (C=N–C) groups is 1. The molecule has 1 aliphatic carbocycles. The SMILES string of the molecule is O=C1CC(c2ccco2)CC2=Nc3nc(C(F)(F)F)nn3C(c3cccnc3)C12. The molecule has 5 rings (SSSR count). The van der Waals surface area contributed by atoms with Gasteiger partial charge in [0.25, 0.3) is 5.82 Å². The molecule has 0 amide bonds. The third-order valence-corrected chi connectivity index (χ3v) is 5.27. The van der Waals surface area contributed by atoms with Crippen molar-refractivity contribution in [1.29, 1.82) is 0 Å². The van der Waals surface area contributed by atoms with Gasteiger partial charge in [0.15, 0.2) is 0 Å². The van der Waals surface area contributed by atoms with Crippen molar-refractivity contribution in [2.24, 2.45) is 10.9 Å². The van der Waals surface area contributed by atoms with Gasteiger partial charge in [-0.2, -0.15) is 18.2 Å². The Morgan fingerprint density at radius 1 is 1.17 bits per heavy atom. The number of halogens is 3. The van der Waals surface area contributed by atoms with Gasteiger partial charge in [0.05, 0.1) is 18.2 Å². The maximum atomic E-state index is 13.2. The predicted octanol–water partition coefficient (Wildman–Crippen LogP) is 3.72. The van der Waals surface area contributed by atoms with Crippen LogP contribution in [0.2, 0.25) is 0 Å². The first-order valence-electron chi connectivity index (χ1n) is 8.99. The van der Waals surface area contributed by atoms with Gasteiger partial charge < -0.3 is 4.42 Å². The Hall–Kier alpha value is -3.30. The van der Waals surface area contributed by atoms with E-state index in [2.05, 4.69) is 20.1 Å². The van der Waals surface area contributed by atoms with Crippen molar-refractivity contribution in [3.05, 3.63) is 60.1 Å². The number of nitrogens with zero attached hydrogens (tertiary/aromatic N) is 5. The molecule has 3 aromatic heterocycles. The predicted molar refractivity (Wildman–Crippen MR) is 93.7 cm³/mol. The van der Waals surface area contributed by atoms with Crippen LogP contribution in [0.1, 0.15) is 41.9 Å². The third-order valence-electron chi connectivity index (χ3n) is 5.27. The van der Waals surface area contributed by atoms with Crippen LogP contribution in [-0.2, 0) is 11.0 Å². The Labute approximate surface area is 162 Å². The highest BCUT2D eigenvalue weighted by Gasteiger charge is 2.47. The molecule has 0 bridgehead atoms. The largest absolute Gasteiger partial charge is 0.469 e. The average molecular weight is 401 g/mol. The molecule has 1 aliphatic heterocycles. The number of ketones is 1. The molecule has 1 fully saturated rings. The molecule has 0 saturated heterocycles. The van der Waals surface area contributed by atoms with E-state index >= 15 is 0 Å². The molecule has 0 spiro atoms. The number of carbonyl (C=O) groups is 1. The van der Waals surface area contributed by atoms with Gasteiger partial charge in [0, 0.05) is 30.4 Å². The van der Waals surface area contributed by atoms with E-state index in [1.165, 1.54) is 12.5 Å². The summed E-state index contributed by atoms with van der Waals surface area (Å²) in [4.78, 5) is 25.1. The minimum atomic E-state index is -4.71. The van der Waals surface area contributed by atoms with Gasteiger partial charge in [-0.3, -0.25) is 9.78 Å². The summed E-state index contributed by atoms with van der Waals surface area (Å²) in [6.07, 6.45) is 0.507. The summed E-state index contributed by atoms with van der Waals surface area (Å²) in [7, 11) is 0. The van der Waals surface area contributed by atoms with E-state index in [0.29, 0.717) is 23.5 Å². The quantitative estimate of drug-likeness (QED) is 0.653. The fraction of sp³-hybridized carbons (Fsp3) is 0.316. The molecule has 0 aromatic carbocycles. The Balaban J connectivity index is 1.64. The minimum absolute atomic E-state index is 0.125. The normalized spacial score (nSPS) is 24.0.